The van der Waals surface area contributed by atoms with Gasteiger partial charge in [0.2, 0.25) is 0 Å². The van der Waals surface area contributed by atoms with E-state index in [0.29, 0.717) is 11.6 Å². The SMILES string of the molecule is C=C/C=C(\C(=C)Cl)c1cc2c(s1)C(=C)N(c1cncc3ccccc13)C(=C)N2Cc1ccnnc1. The van der Waals surface area contributed by atoms with Gasteiger partial charge < -0.3 is 4.90 Å². The molecule has 0 N–H and O–H groups in total. The fourth-order valence-electron chi connectivity index (χ4n) is 4.20. The molecule has 172 valence electrons. The lowest BCUT2D eigenvalue weighted by Gasteiger charge is -2.41. The fraction of sp³-hybridized carbons (Fsp3) is 0.0357. The van der Waals surface area contributed by atoms with E-state index in [-0.39, 0.29) is 0 Å². The molecule has 5 nitrogen and oxygen atoms in total. The molecule has 0 fully saturated rings. The Morgan fingerprint density at radius 3 is 2.63 bits per heavy atom. The van der Waals surface area contributed by atoms with Gasteiger partial charge in [0.05, 0.1) is 40.9 Å². The molecular formula is C28H22ClN5S. The number of fused-ring (bicyclic) bond motifs is 2. The van der Waals surface area contributed by atoms with Crippen LogP contribution in [0.4, 0.5) is 11.4 Å². The second kappa shape index (κ2) is 9.33. The van der Waals surface area contributed by atoms with Gasteiger partial charge >= 0.3 is 0 Å². The zero-order valence-corrected chi connectivity index (χ0v) is 20.6. The van der Waals surface area contributed by atoms with E-state index in [2.05, 4.69) is 69.5 Å². The van der Waals surface area contributed by atoms with Gasteiger partial charge in [0.15, 0.2) is 0 Å². The monoisotopic (exact) mass is 495 g/mol. The number of hydrogen-bond donors (Lipinski definition) is 0. The van der Waals surface area contributed by atoms with Crippen molar-refractivity contribution in [1.29, 1.82) is 0 Å². The number of allylic oxidation sites excluding steroid dienone is 4. The minimum atomic E-state index is 0.452. The third-order valence-electron chi connectivity index (χ3n) is 5.82. The molecule has 1 aromatic carbocycles. The number of thiophene rings is 1. The standard InChI is InChI=1S/C28H22ClN5S/c1-5-8-23(18(2)29)27-13-25-28(35-27)19(3)34(20(4)33(25)17-21-11-12-31-32-14-21)26-16-30-15-22-9-6-7-10-24(22)26/h5-16H,1-4,17H2/b23-8+. The Kier molecular flexibility index (Phi) is 6.07. The molecular weight excluding hydrogens is 474 g/mol. The molecule has 0 spiro atoms. The van der Waals surface area contributed by atoms with Crippen LogP contribution in [0.3, 0.4) is 0 Å². The third kappa shape index (κ3) is 4.07. The molecule has 0 radical (unpaired) electrons. The maximum absolute atomic E-state index is 6.35. The zero-order valence-electron chi connectivity index (χ0n) is 19.0. The van der Waals surface area contributed by atoms with Gasteiger partial charge in [-0.1, -0.05) is 74.3 Å². The summed E-state index contributed by atoms with van der Waals surface area (Å²) in [6.45, 7) is 17.3. The van der Waals surface area contributed by atoms with E-state index < -0.39 is 0 Å². The Bertz CT molecular complexity index is 1510. The van der Waals surface area contributed by atoms with Crippen molar-refractivity contribution in [2.75, 3.05) is 9.80 Å². The van der Waals surface area contributed by atoms with Gasteiger partial charge in [0, 0.05) is 38.6 Å². The average Bonchev–Trinajstić information content (AvgIpc) is 3.31. The lowest BCUT2D eigenvalue weighted by atomic mass is 10.1. The minimum absolute atomic E-state index is 0.452. The van der Waals surface area contributed by atoms with Crippen molar-refractivity contribution in [3.63, 3.8) is 0 Å². The summed E-state index contributed by atoms with van der Waals surface area (Å²) < 4.78 is 0. The number of aromatic nitrogens is 3. The van der Waals surface area contributed by atoms with Crippen LogP contribution in [0.15, 0.2) is 111 Å². The lowest BCUT2D eigenvalue weighted by molar-refractivity contribution is 0.859. The summed E-state index contributed by atoms with van der Waals surface area (Å²) in [7, 11) is 0. The molecule has 0 atom stereocenters. The molecule has 0 aliphatic carbocycles. The predicted octanol–water partition coefficient (Wildman–Crippen LogP) is 7.38. The van der Waals surface area contributed by atoms with Gasteiger partial charge in [-0.3, -0.25) is 9.88 Å². The van der Waals surface area contributed by atoms with Crippen molar-refractivity contribution in [1.82, 2.24) is 15.2 Å². The summed E-state index contributed by atoms with van der Waals surface area (Å²) >= 11 is 7.96. The highest BCUT2D eigenvalue weighted by Crippen LogP contribution is 2.49. The Morgan fingerprint density at radius 2 is 1.89 bits per heavy atom. The van der Waals surface area contributed by atoms with Crippen LogP contribution < -0.4 is 9.80 Å². The van der Waals surface area contributed by atoms with Gasteiger partial charge in [0.25, 0.3) is 0 Å². The molecule has 5 rings (SSSR count). The van der Waals surface area contributed by atoms with Gasteiger partial charge in [-0.05, 0) is 17.7 Å². The molecule has 35 heavy (non-hydrogen) atoms. The second-order valence-electron chi connectivity index (χ2n) is 7.96. The Morgan fingerprint density at radius 1 is 1.06 bits per heavy atom. The average molecular weight is 496 g/mol. The Balaban J connectivity index is 1.70. The number of benzene rings is 1. The van der Waals surface area contributed by atoms with Crippen LogP contribution in [0.25, 0.3) is 22.0 Å². The van der Waals surface area contributed by atoms with Crippen molar-refractivity contribution in [3.05, 3.63) is 126 Å². The van der Waals surface area contributed by atoms with E-state index in [4.69, 9.17) is 11.6 Å². The molecule has 0 saturated heterocycles. The van der Waals surface area contributed by atoms with Gasteiger partial charge in [0.1, 0.15) is 5.82 Å². The minimum Gasteiger partial charge on any atom is -0.322 e. The molecule has 4 heterocycles. The van der Waals surface area contributed by atoms with E-state index in [1.54, 1.807) is 29.8 Å². The maximum Gasteiger partial charge on any atom is 0.111 e. The Labute approximate surface area is 213 Å². The number of hydrogen-bond acceptors (Lipinski definition) is 6. The first kappa shape index (κ1) is 22.8. The van der Waals surface area contributed by atoms with E-state index >= 15 is 0 Å². The van der Waals surface area contributed by atoms with Crippen molar-refractivity contribution in [3.8, 4) is 0 Å². The maximum atomic E-state index is 6.35. The predicted molar refractivity (Wildman–Crippen MR) is 148 cm³/mol. The van der Waals surface area contributed by atoms with Crippen molar-refractivity contribution in [2.45, 2.75) is 6.54 Å². The number of halogens is 1. The summed E-state index contributed by atoms with van der Waals surface area (Å²) in [5.74, 6) is 0.765. The highest BCUT2D eigenvalue weighted by atomic mass is 35.5. The number of anilines is 2. The number of nitrogens with zero attached hydrogens (tertiary/aromatic N) is 5. The summed E-state index contributed by atoms with van der Waals surface area (Å²) in [6.07, 6.45) is 10.8. The van der Waals surface area contributed by atoms with Gasteiger partial charge in [-0.25, -0.2) is 0 Å². The van der Waals surface area contributed by atoms with Crippen LogP contribution in [0.1, 0.15) is 15.3 Å². The normalized spacial score (nSPS) is 13.8. The largest absolute Gasteiger partial charge is 0.322 e. The summed E-state index contributed by atoms with van der Waals surface area (Å²) in [6, 6.07) is 12.2. The van der Waals surface area contributed by atoms with E-state index in [1.165, 1.54) is 0 Å². The molecule has 0 saturated carbocycles. The summed E-state index contributed by atoms with van der Waals surface area (Å²) in [5.41, 5.74) is 4.56. The van der Waals surface area contributed by atoms with Crippen LogP contribution in [0.5, 0.6) is 0 Å². The second-order valence-corrected chi connectivity index (χ2v) is 9.47. The molecule has 7 heteroatoms. The zero-order chi connectivity index (χ0) is 24.5. The number of rotatable bonds is 6. The molecule has 4 aromatic rings. The van der Waals surface area contributed by atoms with Crippen LogP contribution in [0, 0.1) is 0 Å². The van der Waals surface area contributed by atoms with E-state index in [0.717, 1.165) is 54.6 Å². The quantitative estimate of drug-likeness (QED) is 0.261. The molecule has 0 amide bonds. The third-order valence-corrected chi connectivity index (χ3v) is 7.23. The van der Waals surface area contributed by atoms with Gasteiger partial charge in [-0.15, -0.1) is 11.3 Å². The Hall–Kier alpha value is -4.00. The first-order valence-corrected chi connectivity index (χ1v) is 12.0. The van der Waals surface area contributed by atoms with Crippen LogP contribution in [-0.4, -0.2) is 15.2 Å². The first-order chi connectivity index (χ1) is 17.0. The van der Waals surface area contributed by atoms with Crippen LogP contribution in [-0.2, 0) is 6.54 Å². The van der Waals surface area contributed by atoms with Crippen LogP contribution >= 0.6 is 22.9 Å². The summed E-state index contributed by atoms with van der Waals surface area (Å²) in [4.78, 5) is 10.7. The van der Waals surface area contributed by atoms with E-state index in [9.17, 15) is 0 Å². The van der Waals surface area contributed by atoms with Crippen LogP contribution in [0.2, 0.25) is 0 Å². The van der Waals surface area contributed by atoms with Crippen molar-refractivity contribution >= 4 is 56.4 Å². The lowest BCUT2D eigenvalue weighted by Crippen LogP contribution is -2.37. The van der Waals surface area contributed by atoms with E-state index in [1.807, 2.05) is 36.7 Å². The van der Waals surface area contributed by atoms with Crippen molar-refractivity contribution in [2.24, 2.45) is 0 Å². The topological polar surface area (TPSA) is 45.2 Å². The van der Waals surface area contributed by atoms with Crippen molar-refractivity contribution < 1.29 is 0 Å². The number of pyridine rings is 1. The molecule has 0 bridgehead atoms. The highest BCUT2D eigenvalue weighted by molar-refractivity contribution is 7.15. The molecule has 3 aromatic heterocycles. The smallest absolute Gasteiger partial charge is 0.111 e. The highest BCUT2D eigenvalue weighted by Gasteiger charge is 2.33. The fourth-order valence-corrected chi connectivity index (χ4v) is 5.59. The summed E-state index contributed by atoms with van der Waals surface area (Å²) in [5, 5.41) is 10.5. The molecule has 1 aliphatic rings. The first-order valence-electron chi connectivity index (χ1n) is 10.9. The molecule has 0 unspecified atom stereocenters. The molecule has 1 aliphatic heterocycles. The van der Waals surface area contributed by atoms with Gasteiger partial charge in [-0.2, -0.15) is 10.2 Å².